The minimum Gasteiger partial charge on any atom is -0.325 e. The Labute approximate surface area is 210 Å². The van der Waals surface area contributed by atoms with E-state index < -0.39 is 16.5 Å². The van der Waals surface area contributed by atoms with E-state index in [1.54, 1.807) is 32.0 Å². The average molecular weight is 497 g/mol. The molecule has 1 unspecified atom stereocenters. The fraction of sp³-hybridized carbons (Fsp3) is 0.393. The van der Waals surface area contributed by atoms with Gasteiger partial charge in [-0.15, -0.1) is 5.92 Å². The number of anilines is 1. The molecule has 1 atom stereocenters. The van der Waals surface area contributed by atoms with E-state index in [-0.39, 0.29) is 11.7 Å². The average Bonchev–Trinajstić information content (AvgIpc) is 2.80. The Morgan fingerprint density at radius 2 is 1.91 bits per heavy atom. The maximum absolute atomic E-state index is 14.0. The number of fused-ring (bicyclic) bond motifs is 1. The number of hydrogen-bond donors (Lipinski definition) is 1. The summed E-state index contributed by atoms with van der Waals surface area (Å²) in [7, 11) is 0. The van der Waals surface area contributed by atoms with E-state index in [4.69, 9.17) is 16.1 Å². The lowest BCUT2D eigenvalue weighted by atomic mass is 9.70. The van der Waals surface area contributed by atoms with Gasteiger partial charge in [-0.3, -0.25) is 4.79 Å². The molecule has 3 rings (SSSR count). The zero-order valence-electron chi connectivity index (χ0n) is 20.7. The predicted molar refractivity (Wildman–Crippen MR) is 138 cm³/mol. The van der Waals surface area contributed by atoms with Crippen LogP contribution in [0.15, 0.2) is 45.7 Å². The van der Waals surface area contributed by atoms with E-state index in [9.17, 15) is 14.0 Å². The maximum atomic E-state index is 14.0. The van der Waals surface area contributed by atoms with Crippen LogP contribution in [-0.2, 0) is 10.2 Å². The third kappa shape index (κ3) is 6.10. The molecule has 0 aliphatic carbocycles. The second-order valence-electron chi connectivity index (χ2n) is 9.69. The Morgan fingerprint density at radius 1 is 1.17 bits per heavy atom. The topological polar surface area (TPSA) is 72.2 Å². The number of amides is 1. The van der Waals surface area contributed by atoms with Crippen molar-refractivity contribution < 1.29 is 13.7 Å². The van der Waals surface area contributed by atoms with Crippen LogP contribution in [-0.4, -0.2) is 11.1 Å². The Balaban J connectivity index is 1.97. The zero-order chi connectivity index (χ0) is 25.8. The van der Waals surface area contributed by atoms with Crippen LogP contribution in [0.5, 0.6) is 0 Å². The van der Waals surface area contributed by atoms with Gasteiger partial charge in [0, 0.05) is 22.5 Å². The monoisotopic (exact) mass is 496 g/mol. The van der Waals surface area contributed by atoms with Gasteiger partial charge in [0.2, 0.25) is 5.91 Å². The lowest BCUT2D eigenvalue weighted by Gasteiger charge is -2.34. The molecule has 35 heavy (non-hydrogen) atoms. The molecule has 1 heterocycles. The van der Waals surface area contributed by atoms with Gasteiger partial charge >= 0.3 is 5.63 Å². The largest absolute Gasteiger partial charge is 0.366 e. The first-order valence-corrected chi connectivity index (χ1v) is 12.0. The van der Waals surface area contributed by atoms with E-state index in [1.165, 1.54) is 18.2 Å². The normalized spacial score (nSPS) is 13.1. The van der Waals surface area contributed by atoms with Crippen molar-refractivity contribution in [2.75, 3.05) is 5.32 Å². The number of rotatable bonds is 7. The van der Waals surface area contributed by atoms with Crippen LogP contribution in [0.3, 0.4) is 0 Å². The van der Waals surface area contributed by atoms with Crippen LogP contribution < -0.4 is 10.9 Å². The second-order valence-corrected chi connectivity index (χ2v) is 10.1. The van der Waals surface area contributed by atoms with Crippen LogP contribution in [0.4, 0.5) is 10.1 Å². The number of nitrogens with one attached hydrogen (secondary N) is 1. The maximum Gasteiger partial charge on any atom is 0.366 e. The van der Waals surface area contributed by atoms with Gasteiger partial charge < -0.3 is 9.84 Å². The summed E-state index contributed by atoms with van der Waals surface area (Å²) < 4.78 is 18.8. The van der Waals surface area contributed by atoms with Gasteiger partial charge in [-0.1, -0.05) is 49.9 Å². The number of carbonyl (C=O) groups excluding carboxylic acids is 1. The summed E-state index contributed by atoms with van der Waals surface area (Å²) in [5.74, 6) is 5.67. The number of unbranched alkanes of at least 4 members (excludes halogenated alkanes) is 2. The highest BCUT2D eigenvalue weighted by atomic mass is 35.5. The van der Waals surface area contributed by atoms with Crippen molar-refractivity contribution >= 4 is 34.0 Å². The van der Waals surface area contributed by atoms with Crippen molar-refractivity contribution in [1.29, 1.82) is 0 Å². The van der Waals surface area contributed by atoms with Crippen molar-refractivity contribution in [2.24, 2.45) is 5.41 Å². The minimum absolute atomic E-state index is 0.296. The summed E-state index contributed by atoms with van der Waals surface area (Å²) in [6.45, 7) is 9.46. The van der Waals surface area contributed by atoms with Crippen LogP contribution in [0.25, 0.3) is 10.8 Å². The molecule has 0 saturated carbocycles. The highest BCUT2D eigenvalue weighted by Gasteiger charge is 2.39. The Bertz CT molecular complexity index is 1370. The summed E-state index contributed by atoms with van der Waals surface area (Å²) in [5.41, 5.74) is -0.601. The van der Waals surface area contributed by atoms with Crippen LogP contribution >= 0.6 is 11.6 Å². The van der Waals surface area contributed by atoms with E-state index >= 15 is 0 Å². The number of halogens is 2. The molecule has 0 bridgehead atoms. The predicted octanol–water partition coefficient (Wildman–Crippen LogP) is 6.80. The number of carbonyl (C=O) groups is 1. The quantitative estimate of drug-likeness (QED) is 0.288. The van der Waals surface area contributed by atoms with E-state index in [0.717, 1.165) is 12.8 Å². The van der Waals surface area contributed by atoms with Gasteiger partial charge in [0.15, 0.2) is 0 Å². The molecule has 5 nitrogen and oxygen atoms in total. The smallest absolute Gasteiger partial charge is 0.325 e. The first-order valence-electron chi connectivity index (χ1n) is 11.6. The molecule has 0 saturated heterocycles. The third-order valence-corrected chi connectivity index (χ3v) is 6.46. The molecule has 1 amide bonds. The van der Waals surface area contributed by atoms with Crippen molar-refractivity contribution in [3.63, 3.8) is 0 Å². The lowest BCUT2D eigenvalue weighted by Crippen LogP contribution is -2.38. The SMILES string of the molecule is CCCCC#CC(C)(CC(C)(C)c1cc(F)ccc1Cl)C(=O)Nc1ccc2c(=O)onc(C)c2c1. The first-order chi connectivity index (χ1) is 16.5. The molecule has 3 aromatic rings. The van der Waals surface area contributed by atoms with Crippen molar-refractivity contribution in [1.82, 2.24) is 5.16 Å². The highest BCUT2D eigenvalue weighted by Crippen LogP contribution is 2.40. The Kier molecular flexibility index (Phi) is 8.02. The van der Waals surface area contributed by atoms with Crippen molar-refractivity contribution in [3.8, 4) is 11.8 Å². The summed E-state index contributed by atoms with van der Waals surface area (Å²) in [5, 5.41) is 8.15. The van der Waals surface area contributed by atoms with Crippen LogP contribution in [0.2, 0.25) is 5.02 Å². The number of nitrogens with zero attached hydrogens (tertiary/aromatic N) is 1. The minimum atomic E-state index is -1.09. The van der Waals surface area contributed by atoms with Gasteiger partial charge in [0.25, 0.3) is 0 Å². The number of aromatic nitrogens is 1. The van der Waals surface area contributed by atoms with Crippen molar-refractivity contribution in [3.05, 3.63) is 68.9 Å². The van der Waals surface area contributed by atoms with Gasteiger partial charge in [-0.2, -0.15) is 0 Å². The molecule has 0 aliphatic heterocycles. The molecule has 0 fully saturated rings. The van der Waals surface area contributed by atoms with E-state index in [2.05, 4.69) is 29.2 Å². The second kappa shape index (κ2) is 10.6. The molecular weight excluding hydrogens is 467 g/mol. The van der Waals surface area contributed by atoms with Gasteiger partial charge in [0.05, 0.1) is 11.1 Å². The number of benzene rings is 2. The fourth-order valence-electron chi connectivity index (χ4n) is 4.28. The van der Waals surface area contributed by atoms with Gasteiger partial charge in [0.1, 0.15) is 11.2 Å². The molecule has 2 aromatic carbocycles. The third-order valence-electron chi connectivity index (χ3n) is 6.13. The first kappa shape index (κ1) is 26.4. The molecule has 184 valence electrons. The summed E-state index contributed by atoms with van der Waals surface area (Å²) in [6.07, 6.45) is 2.92. The number of aryl methyl sites for hydroxylation is 1. The van der Waals surface area contributed by atoms with E-state index in [0.29, 0.717) is 45.6 Å². The summed E-state index contributed by atoms with van der Waals surface area (Å²) >= 11 is 6.41. The summed E-state index contributed by atoms with van der Waals surface area (Å²) in [6, 6.07) is 9.21. The zero-order valence-corrected chi connectivity index (χ0v) is 21.5. The van der Waals surface area contributed by atoms with Gasteiger partial charge in [-0.25, -0.2) is 9.18 Å². The van der Waals surface area contributed by atoms with Crippen LogP contribution in [0.1, 0.15) is 64.6 Å². The molecule has 0 aliphatic rings. The molecule has 0 radical (unpaired) electrons. The summed E-state index contributed by atoms with van der Waals surface area (Å²) in [4.78, 5) is 25.6. The standard InChI is InChI=1S/C28H30ClFN2O3/c1-6-7-8-9-14-28(5,17-27(3,4)23-15-19(30)10-13-24(23)29)26(34)31-20-11-12-21-22(16-20)18(2)32-35-25(21)33/h10-13,15-16H,6-8,17H2,1-5H3,(H,31,34). The van der Waals surface area contributed by atoms with Crippen molar-refractivity contribution in [2.45, 2.75) is 65.7 Å². The molecule has 1 N–H and O–H groups in total. The lowest BCUT2D eigenvalue weighted by molar-refractivity contribution is -0.123. The van der Waals surface area contributed by atoms with Gasteiger partial charge in [-0.05, 0) is 74.1 Å². The Morgan fingerprint density at radius 3 is 2.63 bits per heavy atom. The molecule has 1 aromatic heterocycles. The Hall–Kier alpha value is -3.17. The molecular formula is C28H30ClFN2O3. The highest BCUT2D eigenvalue weighted by molar-refractivity contribution is 6.31. The molecule has 0 spiro atoms. The number of hydrogen-bond acceptors (Lipinski definition) is 4. The van der Waals surface area contributed by atoms with E-state index in [1.807, 2.05) is 13.8 Å². The van der Waals surface area contributed by atoms with Crippen LogP contribution in [0, 0.1) is 30.0 Å². The fourth-order valence-corrected chi connectivity index (χ4v) is 4.65. The molecule has 7 heteroatoms.